The molecule has 0 spiro atoms. The SMILES string of the molecule is COc1cccc(NC(=O)C(C)(C)C(=O)Nc2cccc(C)c2)c1. The molecular formula is C19H22N2O3. The van der Waals surface area contributed by atoms with Crippen LogP contribution >= 0.6 is 0 Å². The van der Waals surface area contributed by atoms with E-state index in [9.17, 15) is 9.59 Å². The lowest BCUT2D eigenvalue weighted by Gasteiger charge is -2.23. The molecule has 2 aromatic carbocycles. The fraction of sp³-hybridized carbons (Fsp3) is 0.263. The third kappa shape index (κ3) is 4.13. The maximum absolute atomic E-state index is 12.5. The highest BCUT2D eigenvalue weighted by molar-refractivity contribution is 6.14. The van der Waals surface area contributed by atoms with Crippen molar-refractivity contribution in [3.05, 3.63) is 54.1 Å². The van der Waals surface area contributed by atoms with Crippen LogP contribution in [0.15, 0.2) is 48.5 Å². The van der Waals surface area contributed by atoms with Gasteiger partial charge in [-0.3, -0.25) is 9.59 Å². The van der Waals surface area contributed by atoms with E-state index in [1.54, 1.807) is 51.3 Å². The van der Waals surface area contributed by atoms with Gasteiger partial charge in [-0.25, -0.2) is 0 Å². The van der Waals surface area contributed by atoms with Gasteiger partial charge in [0.1, 0.15) is 11.2 Å². The number of amides is 2. The van der Waals surface area contributed by atoms with Crippen LogP contribution in [0.1, 0.15) is 19.4 Å². The number of carbonyl (C=O) groups excluding carboxylic acids is 2. The van der Waals surface area contributed by atoms with Crippen LogP contribution in [0.4, 0.5) is 11.4 Å². The van der Waals surface area contributed by atoms with E-state index in [0.717, 1.165) is 5.56 Å². The minimum Gasteiger partial charge on any atom is -0.497 e. The van der Waals surface area contributed by atoms with E-state index in [2.05, 4.69) is 10.6 Å². The average Bonchev–Trinajstić information content (AvgIpc) is 2.54. The Labute approximate surface area is 142 Å². The summed E-state index contributed by atoms with van der Waals surface area (Å²) in [5.41, 5.74) is 1.05. The Bertz CT molecular complexity index is 754. The summed E-state index contributed by atoms with van der Waals surface area (Å²) in [5.74, 6) is -0.121. The molecule has 0 radical (unpaired) electrons. The first kappa shape index (κ1) is 17.5. The second kappa shape index (κ2) is 7.17. The number of anilines is 2. The van der Waals surface area contributed by atoms with E-state index < -0.39 is 5.41 Å². The Morgan fingerprint density at radius 1 is 0.917 bits per heavy atom. The van der Waals surface area contributed by atoms with Crippen molar-refractivity contribution in [3.63, 3.8) is 0 Å². The second-order valence-corrected chi connectivity index (χ2v) is 6.13. The number of nitrogens with one attached hydrogen (secondary N) is 2. The smallest absolute Gasteiger partial charge is 0.239 e. The number of aryl methyl sites for hydroxylation is 1. The number of rotatable bonds is 5. The Balaban J connectivity index is 2.09. The fourth-order valence-corrected chi connectivity index (χ4v) is 2.10. The predicted molar refractivity (Wildman–Crippen MR) is 95.2 cm³/mol. The molecule has 0 fully saturated rings. The normalized spacial score (nSPS) is 10.8. The lowest BCUT2D eigenvalue weighted by atomic mass is 9.90. The molecule has 0 heterocycles. The second-order valence-electron chi connectivity index (χ2n) is 6.13. The fourth-order valence-electron chi connectivity index (χ4n) is 2.10. The highest BCUT2D eigenvalue weighted by Crippen LogP contribution is 2.23. The number of hydrogen-bond acceptors (Lipinski definition) is 3. The molecule has 126 valence electrons. The summed E-state index contributed by atoms with van der Waals surface area (Å²) < 4.78 is 5.13. The maximum Gasteiger partial charge on any atom is 0.239 e. The van der Waals surface area contributed by atoms with Gasteiger partial charge in [0, 0.05) is 17.4 Å². The first-order valence-electron chi connectivity index (χ1n) is 7.66. The summed E-state index contributed by atoms with van der Waals surface area (Å²) in [6.45, 7) is 5.12. The largest absolute Gasteiger partial charge is 0.497 e. The topological polar surface area (TPSA) is 67.4 Å². The van der Waals surface area contributed by atoms with E-state index in [1.165, 1.54) is 0 Å². The lowest BCUT2D eigenvalue weighted by molar-refractivity contribution is -0.135. The predicted octanol–water partition coefficient (Wildman–Crippen LogP) is 3.61. The number of carbonyl (C=O) groups is 2. The maximum atomic E-state index is 12.5. The highest BCUT2D eigenvalue weighted by atomic mass is 16.5. The Hall–Kier alpha value is -2.82. The Morgan fingerprint density at radius 2 is 1.46 bits per heavy atom. The van der Waals surface area contributed by atoms with Crippen LogP contribution in [0, 0.1) is 12.3 Å². The molecule has 0 bridgehead atoms. The summed E-state index contributed by atoms with van der Waals surface area (Å²) in [6.07, 6.45) is 0. The molecule has 0 saturated carbocycles. The van der Waals surface area contributed by atoms with Gasteiger partial charge in [-0.05, 0) is 50.6 Å². The molecule has 5 nitrogen and oxygen atoms in total. The number of methoxy groups -OCH3 is 1. The van der Waals surface area contributed by atoms with Crippen LogP contribution in [0.5, 0.6) is 5.75 Å². The summed E-state index contributed by atoms with van der Waals surface area (Å²) in [5, 5.41) is 5.54. The van der Waals surface area contributed by atoms with Crippen LogP contribution in [0.2, 0.25) is 0 Å². The molecule has 2 rings (SSSR count). The molecule has 0 atom stereocenters. The van der Waals surface area contributed by atoms with Gasteiger partial charge in [0.15, 0.2) is 0 Å². The van der Waals surface area contributed by atoms with Crippen LogP contribution in [0.3, 0.4) is 0 Å². The van der Waals surface area contributed by atoms with Crippen molar-refractivity contribution in [3.8, 4) is 5.75 Å². The molecule has 2 aromatic rings. The number of hydrogen-bond donors (Lipinski definition) is 2. The zero-order valence-electron chi connectivity index (χ0n) is 14.3. The van der Waals surface area contributed by atoms with E-state index in [1.807, 2.05) is 25.1 Å². The van der Waals surface area contributed by atoms with Crippen molar-refractivity contribution >= 4 is 23.2 Å². The van der Waals surface area contributed by atoms with Gasteiger partial charge in [0.2, 0.25) is 11.8 Å². The van der Waals surface area contributed by atoms with Crippen molar-refractivity contribution in [2.45, 2.75) is 20.8 Å². The van der Waals surface area contributed by atoms with Crippen molar-refractivity contribution < 1.29 is 14.3 Å². The zero-order chi connectivity index (χ0) is 17.7. The average molecular weight is 326 g/mol. The zero-order valence-corrected chi connectivity index (χ0v) is 14.3. The summed E-state index contributed by atoms with van der Waals surface area (Å²) in [7, 11) is 1.56. The summed E-state index contributed by atoms with van der Waals surface area (Å²) in [4.78, 5) is 25.0. The molecule has 0 saturated heterocycles. The van der Waals surface area contributed by atoms with E-state index >= 15 is 0 Å². The monoisotopic (exact) mass is 326 g/mol. The van der Waals surface area contributed by atoms with Gasteiger partial charge in [-0.1, -0.05) is 18.2 Å². The van der Waals surface area contributed by atoms with E-state index in [-0.39, 0.29) is 11.8 Å². The van der Waals surface area contributed by atoms with Crippen molar-refractivity contribution in [1.29, 1.82) is 0 Å². The number of benzene rings is 2. The van der Waals surface area contributed by atoms with Gasteiger partial charge in [-0.15, -0.1) is 0 Å². The first-order chi connectivity index (χ1) is 11.3. The molecule has 2 amide bonds. The molecule has 0 aliphatic heterocycles. The standard InChI is InChI=1S/C19H22N2O3/c1-13-7-5-8-14(11-13)20-17(22)19(2,3)18(23)21-15-9-6-10-16(12-15)24-4/h5-12H,1-4H3,(H,20,22)(H,21,23). The van der Waals surface area contributed by atoms with E-state index in [0.29, 0.717) is 17.1 Å². The third-order valence-corrected chi connectivity index (χ3v) is 3.74. The summed E-state index contributed by atoms with van der Waals surface area (Å²) >= 11 is 0. The molecule has 2 N–H and O–H groups in total. The van der Waals surface area contributed by atoms with Gasteiger partial charge in [-0.2, -0.15) is 0 Å². The Kier molecular flexibility index (Phi) is 5.24. The first-order valence-corrected chi connectivity index (χ1v) is 7.66. The third-order valence-electron chi connectivity index (χ3n) is 3.74. The van der Waals surface area contributed by atoms with Crippen molar-refractivity contribution in [2.24, 2.45) is 5.41 Å². The van der Waals surface area contributed by atoms with Gasteiger partial charge in [0.25, 0.3) is 0 Å². The molecule has 0 unspecified atom stereocenters. The molecular weight excluding hydrogens is 304 g/mol. The minimum atomic E-state index is -1.23. The van der Waals surface area contributed by atoms with Crippen molar-refractivity contribution in [2.75, 3.05) is 17.7 Å². The van der Waals surface area contributed by atoms with Gasteiger partial charge >= 0.3 is 0 Å². The molecule has 0 aromatic heterocycles. The summed E-state index contributed by atoms with van der Waals surface area (Å²) in [6, 6.07) is 14.4. The Morgan fingerprint density at radius 3 is 2.00 bits per heavy atom. The van der Waals surface area contributed by atoms with Gasteiger partial charge in [0.05, 0.1) is 7.11 Å². The molecule has 0 aliphatic carbocycles. The van der Waals surface area contributed by atoms with Crippen LogP contribution in [-0.4, -0.2) is 18.9 Å². The number of ether oxygens (including phenoxy) is 1. The lowest BCUT2D eigenvalue weighted by Crippen LogP contribution is -2.41. The van der Waals surface area contributed by atoms with Crippen LogP contribution < -0.4 is 15.4 Å². The quantitative estimate of drug-likeness (QED) is 0.825. The minimum absolute atomic E-state index is 0.367. The molecule has 5 heteroatoms. The van der Waals surface area contributed by atoms with Gasteiger partial charge < -0.3 is 15.4 Å². The highest BCUT2D eigenvalue weighted by Gasteiger charge is 2.36. The van der Waals surface area contributed by atoms with Crippen molar-refractivity contribution in [1.82, 2.24) is 0 Å². The van der Waals surface area contributed by atoms with Crippen LogP contribution in [-0.2, 0) is 9.59 Å². The van der Waals surface area contributed by atoms with E-state index in [4.69, 9.17) is 4.74 Å². The molecule has 0 aliphatic rings. The van der Waals surface area contributed by atoms with Crippen LogP contribution in [0.25, 0.3) is 0 Å². The molecule has 24 heavy (non-hydrogen) atoms.